The number of carbonyl (C=O) groups is 2. The highest BCUT2D eigenvalue weighted by molar-refractivity contribution is 9.10. The van der Waals surface area contributed by atoms with Gasteiger partial charge in [-0.1, -0.05) is 12.1 Å². The maximum absolute atomic E-state index is 12.4. The van der Waals surface area contributed by atoms with Crippen LogP contribution in [0.2, 0.25) is 0 Å². The summed E-state index contributed by atoms with van der Waals surface area (Å²) >= 11 is 3.30. The summed E-state index contributed by atoms with van der Waals surface area (Å²) in [5, 5.41) is 2.81. The van der Waals surface area contributed by atoms with Crippen molar-refractivity contribution < 1.29 is 14.3 Å². The normalized spacial score (nSPS) is 14.0. The fourth-order valence-corrected chi connectivity index (χ4v) is 3.86. The number of rotatable bonds is 7. The molecule has 34 heavy (non-hydrogen) atoms. The molecule has 0 saturated carbocycles. The summed E-state index contributed by atoms with van der Waals surface area (Å²) < 4.78 is 6.09. The number of hydrogen-bond acceptors (Lipinski definition) is 6. The van der Waals surface area contributed by atoms with Crippen LogP contribution >= 0.6 is 15.9 Å². The lowest BCUT2D eigenvalue weighted by Crippen LogP contribution is -2.21. The van der Waals surface area contributed by atoms with E-state index in [1.54, 1.807) is 42.6 Å². The zero-order valence-electron chi connectivity index (χ0n) is 18.8. The Morgan fingerprint density at radius 3 is 2.41 bits per heavy atom. The Bertz CT molecular complexity index is 1260. The van der Waals surface area contributed by atoms with Crippen molar-refractivity contribution in [1.29, 1.82) is 0 Å². The first-order valence-electron chi connectivity index (χ1n) is 10.9. The van der Waals surface area contributed by atoms with E-state index >= 15 is 0 Å². The molecule has 1 amide bonds. The fraction of sp³-hybridized carbons (Fsp3) is 0.154. The number of carbonyl (C=O) groups excluding carboxylic acids is 2. The minimum atomic E-state index is -0.498. The molecule has 172 valence electrons. The molecule has 8 heteroatoms. The Kier molecular flexibility index (Phi) is 7.18. The molecule has 2 heterocycles. The average Bonchev–Trinajstić information content (AvgIpc) is 3.21. The Morgan fingerprint density at radius 2 is 1.76 bits per heavy atom. The number of hydrogen-bond donors (Lipinski definition) is 1. The molecule has 0 aliphatic carbocycles. The van der Waals surface area contributed by atoms with Crippen LogP contribution in [0.15, 0.2) is 82.2 Å². The molecule has 0 atom stereocenters. The van der Waals surface area contributed by atoms with Crippen LogP contribution in [0.4, 0.5) is 11.4 Å². The summed E-state index contributed by atoms with van der Waals surface area (Å²) in [4.78, 5) is 35.3. The van der Waals surface area contributed by atoms with E-state index in [0.29, 0.717) is 16.8 Å². The van der Waals surface area contributed by atoms with E-state index in [4.69, 9.17) is 4.74 Å². The molecule has 1 N–H and O–H groups in total. The molecular formula is C26H23BrN4O3. The van der Waals surface area contributed by atoms with Crippen molar-refractivity contribution in [3.05, 3.63) is 93.9 Å². The number of benzene rings is 2. The van der Waals surface area contributed by atoms with Gasteiger partial charge in [0.15, 0.2) is 5.70 Å². The van der Waals surface area contributed by atoms with Gasteiger partial charge in [0.25, 0.3) is 5.91 Å². The van der Waals surface area contributed by atoms with Crippen LogP contribution in [0.5, 0.6) is 0 Å². The van der Waals surface area contributed by atoms with Gasteiger partial charge in [0.2, 0.25) is 5.90 Å². The number of nitrogens with one attached hydrogen (secondary N) is 1. The van der Waals surface area contributed by atoms with Gasteiger partial charge in [-0.05, 0) is 83.9 Å². The number of pyridine rings is 1. The highest BCUT2D eigenvalue weighted by Gasteiger charge is 2.24. The Morgan fingerprint density at radius 1 is 1.06 bits per heavy atom. The van der Waals surface area contributed by atoms with Gasteiger partial charge < -0.3 is 15.0 Å². The molecule has 0 unspecified atom stereocenters. The second-order valence-electron chi connectivity index (χ2n) is 7.52. The van der Waals surface area contributed by atoms with E-state index in [9.17, 15) is 9.59 Å². The van der Waals surface area contributed by atoms with Gasteiger partial charge in [0.1, 0.15) is 0 Å². The zero-order valence-corrected chi connectivity index (χ0v) is 20.4. The molecule has 1 aliphatic rings. The Hall–Kier alpha value is -3.78. The van der Waals surface area contributed by atoms with Crippen molar-refractivity contribution in [2.75, 3.05) is 23.3 Å². The first-order chi connectivity index (χ1) is 16.5. The van der Waals surface area contributed by atoms with Gasteiger partial charge in [0, 0.05) is 46.9 Å². The van der Waals surface area contributed by atoms with Crippen LogP contribution in [-0.4, -0.2) is 35.8 Å². The molecule has 3 aromatic rings. The second kappa shape index (κ2) is 10.4. The Labute approximate surface area is 206 Å². The maximum atomic E-state index is 12.4. The highest BCUT2D eigenvalue weighted by atomic mass is 79.9. The predicted molar refractivity (Wildman–Crippen MR) is 137 cm³/mol. The van der Waals surface area contributed by atoms with Crippen LogP contribution in [0, 0.1) is 0 Å². The molecule has 0 spiro atoms. The van der Waals surface area contributed by atoms with Crippen LogP contribution in [0.1, 0.15) is 35.3 Å². The Balaban J connectivity index is 1.46. The first kappa shape index (κ1) is 23.4. The molecule has 2 aromatic carbocycles. The van der Waals surface area contributed by atoms with Gasteiger partial charge in [-0.3, -0.25) is 9.78 Å². The molecule has 0 bridgehead atoms. The molecule has 0 saturated heterocycles. The molecule has 0 fully saturated rings. The summed E-state index contributed by atoms with van der Waals surface area (Å²) in [6.45, 7) is 6.09. The summed E-state index contributed by atoms with van der Waals surface area (Å²) in [6, 6.07) is 16.6. The lowest BCUT2D eigenvalue weighted by molar-refractivity contribution is -0.129. The molecular weight excluding hydrogens is 496 g/mol. The van der Waals surface area contributed by atoms with E-state index in [1.807, 2.05) is 24.3 Å². The number of ether oxygens (including phenoxy) is 1. The van der Waals surface area contributed by atoms with Gasteiger partial charge in [0.05, 0.1) is 5.56 Å². The van der Waals surface area contributed by atoms with E-state index in [2.05, 4.69) is 50.0 Å². The largest absolute Gasteiger partial charge is 0.402 e. The predicted octanol–water partition coefficient (Wildman–Crippen LogP) is 5.29. The summed E-state index contributed by atoms with van der Waals surface area (Å²) in [6.07, 6.45) is 4.81. The number of aromatic nitrogens is 1. The molecule has 7 nitrogen and oxygen atoms in total. The van der Waals surface area contributed by atoms with Gasteiger partial charge >= 0.3 is 5.97 Å². The van der Waals surface area contributed by atoms with Crippen molar-refractivity contribution in [1.82, 2.24) is 4.98 Å². The fourth-order valence-electron chi connectivity index (χ4n) is 3.50. The third-order valence-corrected chi connectivity index (χ3v) is 5.74. The molecule has 1 aliphatic heterocycles. The van der Waals surface area contributed by atoms with Crippen LogP contribution in [-0.2, 0) is 9.53 Å². The van der Waals surface area contributed by atoms with Gasteiger partial charge in [-0.2, -0.15) is 0 Å². The number of cyclic esters (lactones) is 1. The number of amides is 1. The minimum absolute atomic E-state index is 0.227. The molecule has 4 rings (SSSR count). The number of anilines is 2. The van der Waals surface area contributed by atoms with Crippen LogP contribution < -0.4 is 10.2 Å². The lowest BCUT2D eigenvalue weighted by Gasteiger charge is -2.20. The second-order valence-corrected chi connectivity index (χ2v) is 8.44. The highest BCUT2D eigenvalue weighted by Crippen LogP contribution is 2.22. The summed E-state index contributed by atoms with van der Waals surface area (Å²) in [5.74, 6) is -0.546. The number of esters is 1. The van der Waals surface area contributed by atoms with Gasteiger partial charge in [-0.25, -0.2) is 9.79 Å². The van der Waals surface area contributed by atoms with Crippen molar-refractivity contribution in [3.8, 4) is 0 Å². The summed E-state index contributed by atoms with van der Waals surface area (Å²) in [5.41, 5.74) is 3.91. The average molecular weight is 519 g/mol. The van der Waals surface area contributed by atoms with Gasteiger partial charge in [-0.15, -0.1) is 0 Å². The third-order valence-electron chi connectivity index (χ3n) is 5.30. The monoisotopic (exact) mass is 518 g/mol. The minimum Gasteiger partial charge on any atom is -0.402 e. The number of aliphatic imine (C=N–C) groups is 1. The molecule has 0 radical (unpaired) electrons. The van der Waals surface area contributed by atoms with Crippen LogP contribution in [0.3, 0.4) is 0 Å². The lowest BCUT2D eigenvalue weighted by atomic mass is 10.1. The summed E-state index contributed by atoms with van der Waals surface area (Å²) in [7, 11) is 0. The van der Waals surface area contributed by atoms with Crippen molar-refractivity contribution >= 4 is 51.2 Å². The maximum Gasteiger partial charge on any atom is 0.363 e. The smallest absolute Gasteiger partial charge is 0.363 e. The standard InChI is InChI=1S/C26H23BrN4O3/c1-3-31(4-2)22-11-5-17(6-12-22)13-23-26(33)34-25(30-23)18-7-9-21(10-8-18)29-24(32)19-14-20(27)16-28-15-19/h5-16H,3-4H2,1-2H3,(H,29,32). The van der Waals surface area contributed by atoms with E-state index in [0.717, 1.165) is 28.8 Å². The quantitative estimate of drug-likeness (QED) is 0.339. The first-order valence-corrected chi connectivity index (χ1v) is 11.7. The number of nitrogens with zero attached hydrogens (tertiary/aromatic N) is 3. The van der Waals surface area contributed by atoms with Crippen molar-refractivity contribution in [3.63, 3.8) is 0 Å². The van der Waals surface area contributed by atoms with E-state index in [1.165, 1.54) is 6.20 Å². The van der Waals surface area contributed by atoms with E-state index in [-0.39, 0.29) is 17.5 Å². The topological polar surface area (TPSA) is 83.9 Å². The third kappa shape index (κ3) is 5.40. The zero-order chi connectivity index (χ0) is 24.1. The SMILES string of the molecule is CCN(CC)c1ccc(C=C2N=C(c3ccc(NC(=O)c4cncc(Br)c4)cc3)OC2=O)cc1. The van der Waals surface area contributed by atoms with Crippen molar-refractivity contribution in [2.24, 2.45) is 4.99 Å². The van der Waals surface area contributed by atoms with Crippen LogP contribution in [0.25, 0.3) is 6.08 Å². The molecule has 1 aromatic heterocycles. The van der Waals surface area contributed by atoms with E-state index < -0.39 is 5.97 Å². The van der Waals surface area contributed by atoms with Crippen molar-refractivity contribution in [2.45, 2.75) is 13.8 Å². The number of halogens is 1.